The lowest BCUT2D eigenvalue weighted by Crippen LogP contribution is -2.44. The minimum Gasteiger partial charge on any atom is -0.373 e. The van der Waals surface area contributed by atoms with Crippen molar-refractivity contribution in [3.8, 4) is 10.6 Å². The van der Waals surface area contributed by atoms with Crippen molar-refractivity contribution in [3.05, 3.63) is 32.1 Å². The number of nitrogens with one attached hydrogen (secondary N) is 1. The van der Waals surface area contributed by atoms with Gasteiger partial charge in [-0.15, -0.1) is 11.3 Å². The highest BCUT2D eigenvalue weighted by Gasteiger charge is 2.24. The van der Waals surface area contributed by atoms with Crippen molar-refractivity contribution in [2.45, 2.75) is 32.6 Å². The molecular formula is C14H18N2O2S2. The highest BCUT2D eigenvalue weighted by Crippen LogP contribution is 2.29. The minimum atomic E-state index is 0.0257. The molecule has 6 heteroatoms. The predicted octanol–water partition coefficient (Wildman–Crippen LogP) is 2.77. The fourth-order valence-electron chi connectivity index (χ4n) is 2.71. The molecule has 2 aromatic heterocycles. The van der Waals surface area contributed by atoms with Crippen LogP contribution in [0.4, 0.5) is 0 Å². The number of thiazole rings is 1. The topological polar surface area (TPSA) is 45.3 Å². The van der Waals surface area contributed by atoms with Crippen LogP contribution in [0.2, 0.25) is 0 Å². The van der Waals surface area contributed by atoms with Crippen molar-refractivity contribution < 1.29 is 4.74 Å². The molecule has 1 aliphatic rings. The van der Waals surface area contributed by atoms with Crippen molar-refractivity contribution in [2.24, 2.45) is 0 Å². The predicted molar refractivity (Wildman–Crippen MR) is 83.5 cm³/mol. The molecule has 1 N–H and O–H groups in total. The molecule has 0 aliphatic carbocycles. The summed E-state index contributed by atoms with van der Waals surface area (Å²) in [6.45, 7) is 6.85. The molecule has 0 aromatic carbocycles. The molecule has 0 radical (unpaired) electrons. The molecular weight excluding hydrogens is 292 g/mol. The molecule has 2 aromatic rings. The first-order valence-electron chi connectivity index (χ1n) is 6.75. The van der Waals surface area contributed by atoms with Crippen LogP contribution < -0.4 is 4.87 Å². The number of rotatable bonds is 3. The van der Waals surface area contributed by atoms with Crippen LogP contribution >= 0.6 is 22.7 Å². The lowest BCUT2D eigenvalue weighted by molar-refractivity contribution is -0.0702. The largest absolute Gasteiger partial charge is 0.373 e. The summed E-state index contributed by atoms with van der Waals surface area (Å²) in [6, 6.07) is 4.06. The van der Waals surface area contributed by atoms with E-state index in [0.29, 0.717) is 0 Å². The summed E-state index contributed by atoms with van der Waals surface area (Å²) in [7, 11) is 0. The average Bonchev–Trinajstić information content (AvgIpc) is 2.97. The second-order valence-corrected chi connectivity index (χ2v) is 7.26. The molecule has 0 amide bonds. The Morgan fingerprint density at radius 2 is 2.15 bits per heavy atom. The highest BCUT2D eigenvalue weighted by molar-refractivity contribution is 7.14. The van der Waals surface area contributed by atoms with E-state index in [9.17, 15) is 4.79 Å². The van der Waals surface area contributed by atoms with E-state index in [-0.39, 0.29) is 17.1 Å². The molecule has 1 aliphatic heterocycles. The van der Waals surface area contributed by atoms with Crippen LogP contribution in [0.25, 0.3) is 10.6 Å². The van der Waals surface area contributed by atoms with Crippen LogP contribution in [0.3, 0.4) is 0 Å². The molecule has 0 spiro atoms. The summed E-state index contributed by atoms with van der Waals surface area (Å²) in [6.07, 6.45) is 0.499. The second-order valence-electron chi connectivity index (χ2n) is 5.24. The minimum absolute atomic E-state index is 0.0257. The molecule has 1 saturated heterocycles. The maximum Gasteiger partial charge on any atom is 0.305 e. The fraction of sp³-hybridized carbons (Fsp3) is 0.500. The normalized spacial score (nSPS) is 24.1. The van der Waals surface area contributed by atoms with Crippen LogP contribution in [0, 0.1) is 0 Å². The SMILES string of the molecule is CC1CN(Cc2sc(=O)[nH]c2-c2cccs2)CC(C)O1. The number of aromatic nitrogens is 1. The number of nitrogens with zero attached hydrogens (tertiary/aromatic N) is 1. The van der Waals surface area contributed by atoms with Gasteiger partial charge in [0.2, 0.25) is 0 Å². The van der Waals surface area contributed by atoms with E-state index in [2.05, 4.69) is 29.8 Å². The van der Waals surface area contributed by atoms with Gasteiger partial charge in [-0.1, -0.05) is 17.4 Å². The molecule has 20 heavy (non-hydrogen) atoms. The summed E-state index contributed by atoms with van der Waals surface area (Å²) >= 11 is 2.98. The first kappa shape index (κ1) is 14.0. The van der Waals surface area contributed by atoms with E-state index in [1.807, 2.05) is 11.4 Å². The van der Waals surface area contributed by atoms with E-state index in [0.717, 1.165) is 35.1 Å². The Labute approximate surface area is 126 Å². The summed E-state index contributed by atoms with van der Waals surface area (Å²) in [5.41, 5.74) is 0.988. The summed E-state index contributed by atoms with van der Waals surface area (Å²) in [5.74, 6) is 0. The van der Waals surface area contributed by atoms with Crippen LogP contribution in [-0.4, -0.2) is 35.2 Å². The Morgan fingerprint density at radius 3 is 2.80 bits per heavy atom. The highest BCUT2D eigenvalue weighted by atomic mass is 32.1. The average molecular weight is 310 g/mol. The van der Waals surface area contributed by atoms with Gasteiger partial charge in [-0.25, -0.2) is 0 Å². The monoisotopic (exact) mass is 310 g/mol. The standard InChI is InChI=1S/C14H18N2O2S2/c1-9-6-16(7-10(2)18-9)8-12-13(15-14(17)20-12)11-4-3-5-19-11/h3-5,9-10H,6-8H2,1-2H3,(H,15,17). The zero-order valence-electron chi connectivity index (χ0n) is 11.6. The molecule has 3 rings (SSSR count). The molecule has 4 nitrogen and oxygen atoms in total. The van der Waals surface area contributed by atoms with Gasteiger partial charge in [-0.05, 0) is 25.3 Å². The number of thiophene rings is 1. The molecule has 1 fully saturated rings. The van der Waals surface area contributed by atoms with Gasteiger partial charge in [0.25, 0.3) is 0 Å². The van der Waals surface area contributed by atoms with Gasteiger partial charge in [0.15, 0.2) is 0 Å². The lowest BCUT2D eigenvalue weighted by atomic mass is 10.2. The Morgan fingerprint density at radius 1 is 1.40 bits per heavy atom. The van der Waals surface area contributed by atoms with Crippen molar-refractivity contribution in [3.63, 3.8) is 0 Å². The quantitative estimate of drug-likeness (QED) is 0.948. The van der Waals surface area contributed by atoms with Crippen LogP contribution in [0.1, 0.15) is 18.7 Å². The number of hydrogen-bond acceptors (Lipinski definition) is 5. The van der Waals surface area contributed by atoms with Crippen LogP contribution in [0.5, 0.6) is 0 Å². The molecule has 2 atom stereocenters. The van der Waals surface area contributed by atoms with Crippen LogP contribution in [0.15, 0.2) is 22.3 Å². The number of H-pyrrole nitrogens is 1. The Hall–Kier alpha value is -0.950. The van der Waals surface area contributed by atoms with E-state index >= 15 is 0 Å². The Bertz CT molecular complexity index is 607. The number of hydrogen-bond donors (Lipinski definition) is 1. The zero-order chi connectivity index (χ0) is 14.1. The molecule has 2 unspecified atom stereocenters. The second kappa shape index (κ2) is 5.81. The number of ether oxygens (including phenoxy) is 1. The van der Waals surface area contributed by atoms with Crippen molar-refractivity contribution in [1.82, 2.24) is 9.88 Å². The van der Waals surface area contributed by atoms with Gasteiger partial charge in [0.05, 0.1) is 22.8 Å². The van der Waals surface area contributed by atoms with Crippen molar-refractivity contribution in [1.29, 1.82) is 0 Å². The van der Waals surface area contributed by atoms with Crippen molar-refractivity contribution >= 4 is 22.7 Å². The third-order valence-electron chi connectivity index (χ3n) is 3.35. The molecule has 108 valence electrons. The van der Waals surface area contributed by atoms with Gasteiger partial charge in [-0.3, -0.25) is 9.69 Å². The van der Waals surface area contributed by atoms with E-state index < -0.39 is 0 Å². The van der Waals surface area contributed by atoms with E-state index in [1.165, 1.54) is 11.3 Å². The maximum absolute atomic E-state index is 11.7. The van der Waals surface area contributed by atoms with E-state index in [4.69, 9.17) is 4.74 Å². The number of morpholine rings is 1. The van der Waals surface area contributed by atoms with Crippen molar-refractivity contribution in [2.75, 3.05) is 13.1 Å². The first-order valence-corrected chi connectivity index (χ1v) is 8.45. The third kappa shape index (κ3) is 3.03. The smallest absolute Gasteiger partial charge is 0.305 e. The first-order chi connectivity index (χ1) is 9.61. The molecule has 3 heterocycles. The Kier molecular flexibility index (Phi) is 4.07. The summed E-state index contributed by atoms with van der Waals surface area (Å²) < 4.78 is 5.76. The van der Waals surface area contributed by atoms with Gasteiger partial charge < -0.3 is 9.72 Å². The maximum atomic E-state index is 11.7. The van der Waals surface area contributed by atoms with Gasteiger partial charge in [0, 0.05) is 24.5 Å². The Balaban J connectivity index is 1.82. The summed E-state index contributed by atoms with van der Waals surface area (Å²) in [4.78, 5) is 19.3. The third-order valence-corrected chi connectivity index (χ3v) is 5.11. The van der Waals surface area contributed by atoms with E-state index in [1.54, 1.807) is 11.3 Å². The van der Waals surface area contributed by atoms with Gasteiger partial charge >= 0.3 is 4.87 Å². The van der Waals surface area contributed by atoms with Gasteiger partial charge in [0.1, 0.15) is 0 Å². The van der Waals surface area contributed by atoms with Crippen LogP contribution in [-0.2, 0) is 11.3 Å². The lowest BCUT2D eigenvalue weighted by Gasteiger charge is -2.35. The zero-order valence-corrected chi connectivity index (χ0v) is 13.2. The summed E-state index contributed by atoms with van der Waals surface area (Å²) in [5, 5.41) is 2.04. The molecule has 0 saturated carbocycles. The number of aromatic amines is 1. The molecule has 0 bridgehead atoms. The fourth-order valence-corrected chi connectivity index (χ4v) is 4.41. The van der Waals surface area contributed by atoms with Gasteiger partial charge in [-0.2, -0.15) is 0 Å².